The molecule has 0 unspecified atom stereocenters. The minimum absolute atomic E-state index is 0.255. The normalized spacial score (nSPS) is 52.0. The zero-order chi connectivity index (χ0) is 7.02. The van der Waals surface area contributed by atoms with Crippen LogP contribution in [0.4, 0.5) is 0 Å². The first kappa shape index (κ1) is 6.95. The van der Waals surface area contributed by atoms with Crippen LogP contribution < -0.4 is 5.73 Å². The lowest BCUT2D eigenvalue weighted by atomic mass is 10.1. The summed E-state index contributed by atoms with van der Waals surface area (Å²) in [6.07, 6.45) is -2.29. The van der Waals surface area contributed by atoms with E-state index in [1.54, 1.807) is 6.92 Å². The van der Waals surface area contributed by atoms with Gasteiger partial charge >= 0.3 is 0 Å². The predicted molar refractivity (Wildman–Crippen MR) is 30.5 cm³/mol. The highest BCUT2D eigenvalue weighted by Crippen LogP contribution is 2.16. The molecule has 0 aromatic heterocycles. The van der Waals surface area contributed by atoms with Crippen molar-refractivity contribution in [3.8, 4) is 0 Å². The molecule has 0 amide bonds. The summed E-state index contributed by atoms with van der Waals surface area (Å²) in [5, 5.41) is 17.7. The molecule has 9 heavy (non-hydrogen) atoms. The Hall–Kier alpha value is -0.160. The summed E-state index contributed by atoms with van der Waals surface area (Å²) in [5.74, 6) is 0. The summed E-state index contributed by atoms with van der Waals surface area (Å²) in [5.41, 5.74) is 5.38. The van der Waals surface area contributed by atoms with Crippen LogP contribution in [0.3, 0.4) is 0 Å². The standard InChI is InChI=1S/C5H11NO3/c1-2-3(6)4(7)5(8)9-2/h2-5,7-8H,6H2,1H3/t2-,3+,4-,5-/m1/s1. The Morgan fingerprint density at radius 3 is 2.11 bits per heavy atom. The number of aliphatic hydroxyl groups excluding tert-OH is 2. The summed E-state index contributed by atoms with van der Waals surface area (Å²) < 4.78 is 4.77. The molecule has 4 heteroatoms. The number of hydrogen-bond acceptors (Lipinski definition) is 4. The Kier molecular flexibility index (Phi) is 1.72. The zero-order valence-corrected chi connectivity index (χ0v) is 5.19. The second kappa shape index (κ2) is 2.22. The second-order valence-corrected chi connectivity index (χ2v) is 2.30. The molecule has 4 nitrogen and oxygen atoms in total. The van der Waals surface area contributed by atoms with Crippen LogP contribution in [0.1, 0.15) is 6.92 Å². The third kappa shape index (κ3) is 1.07. The first-order chi connectivity index (χ1) is 4.13. The number of aliphatic hydroxyl groups is 2. The van der Waals surface area contributed by atoms with E-state index in [0.717, 1.165) is 0 Å². The van der Waals surface area contributed by atoms with Gasteiger partial charge in [0.2, 0.25) is 0 Å². The van der Waals surface area contributed by atoms with Crippen molar-refractivity contribution in [3.05, 3.63) is 0 Å². The van der Waals surface area contributed by atoms with Crippen molar-refractivity contribution in [1.29, 1.82) is 0 Å². The van der Waals surface area contributed by atoms with Crippen molar-refractivity contribution < 1.29 is 14.9 Å². The maximum Gasteiger partial charge on any atom is 0.182 e. The van der Waals surface area contributed by atoms with Crippen molar-refractivity contribution in [2.45, 2.75) is 31.5 Å². The molecule has 0 bridgehead atoms. The first-order valence-corrected chi connectivity index (χ1v) is 2.90. The molecule has 1 heterocycles. The van der Waals surface area contributed by atoms with Gasteiger partial charge in [-0.1, -0.05) is 0 Å². The highest BCUT2D eigenvalue weighted by atomic mass is 16.6. The Morgan fingerprint density at radius 1 is 1.44 bits per heavy atom. The van der Waals surface area contributed by atoms with Crippen LogP contribution in [0.25, 0.3) is 0 Å². The number of ether oxygens (including phenoxy) is 1. The predicted octanol–water partition coefficient (Wildman–Crippen LogP) is -1.59. The molecule has 0 aromatic carbocycles. The van der Waals surface area contributed by atoms with Gasteiger partial charge in [-0.3, -0.25) is 0 Å². The monoisotopic (exact) mass is 133 g/mol. The van der Waals surface area contributed by atoms with Gasteiger partial charge in [0, 0.05) is 0 Å². The van der Waals surface area contributed by atoms with Crippen LogP contribution >= 0.6 is 0 Å². The molecule has 0 aromatic rings. The molecule has 0 saturated carbocycles. The largest absolute Gasteiger partial charge is 0.386 e. The number of nitrogens with two attached hydrogens (primary N) is 1. The van der Waals surface area contributed by atoms with E-state index in [9.17, 15) is 0 Å². The second-order valence-electron chi connectivity index (χ2n) is 2.30. The average Bonchev–Trinajstić information content (AvgIpc) is 1.98. The third-order valence-corrected chi connectivity index (χ3v) is 1.58. The fourth-order valence-corrected chi connectivity index (χ4v) is 0.859. The van der Waals surface area contributed by atoms with Crippen molar-refractivity contribution in [1.82, 2.24) is 0 Å². The minimum atomic E-state index is -1.10. The Bertz CT molecular complexity index is 96.4. The smallest absolute Gasteiger partial charge is 0.182 e. The lowest BCUT2D eigenvalue weighted by Crippen LogP contribution is -2.39. The van der Waals surface area contributed by atoms with Gasteiger partial charge in [0.25, 0.3) is 0 Å². The summed E-state index contributed by atoms with van der Waals surface area (Å²) in [4.78, 5) is 0. The molecule has 54 valence electrons. The highest BCUT2D eigenvalue weighted by Gasteiger charge is 2.37. The van der Waals surface area contributed by atoms with Gasteiger partial charge in [-0.2, -0.15) is 0 Å². The van der Waals surface area contributed by atoms with Gasteiger partial charge in [-0.15, -0.1) is 0 Å². The zero-order valence-electron chi connectivity index (χ0n) is 5.19. The Morgan fingerprint density at radius 2 is 2.00 bits per heavy atom. The third-order valence-electron chi connectivity index (χ3n) is 1.58. The van der Waals surface area contributed by atoms with E-state index in [4.69, 9.17) is 20.7 Å². The lowest BCUT2D eigenvalue weighted by Gasteiger charge is -2.08. The van der Waals surface area contributed by atoms with Gasteiger partial charge < -0.3 is 20.7 Å². The van der Waals surface area contributed by atoms with Crippen LogP contribution in [-0.2, 0) is 4.74 Å². The molecule has 0 spiro atoms. The molecule has 1 fully saturated rings. The van der Waals surface area contributed by atoms with E-state index in [2.05, 4.69) is 0 Å². The number of hydrogen-bond donors (Lipinski definition) is 3. The van der Waals surface area contributed by atoms with E-state index in [0.29, 0.717) is 0 Å². The molecule has 0 radical (unpaired) electrons. The molecule has 1 rings (SSSR count). The molecule has 1 saturated heterocycles. The Labute approximate surface area is 53.2 Å². The van der Waals surface area contributed by atoms with E-state index in [-0.39, 0.29) is 6.10 Å². The van der Waals surface area contributed by atoms with E-state index >= 15 is 0 Å². The van der Waals surface area contributed by atoms with Crippen molar-refractivity contribution in [2.24, 2.45) is 5.73 Å². The summed E-state index contributed by atoms with van der Waals surface area (Å²) >= 11 is 0. The van der Waals surface area contributed by atoms with E-state index < -0.39 is 18.4 Å². The highest BCUT2D eigenvalue weighted by molar-refractivity contribution is 4.86. The molecule has 1 aliphatic rings. The van der Waals surface area contributed by atoms with Crippen LogP contribution in [0.2, 0.25) is 0 Å². The summed E-state index contributed by atoms with van der Waals surface area (Å²) in [7, 11) is 0. The lowest BCUT2D eigenvalue weighted by molar-refractivity contribution is -0.123. The van der Waals surface area contributed by atoms with E-state index in [1.807, 2.05) is 0 Å². The maximum absolute atomic E-state index is 8.94. The molecule has 4 atom stereocenters. The van der Waals surface area contributed by atoms with Crippen LogP contribution in [0.5, 0.6) is 0 Å². The van der Waals surface area contributed by atoms with Gasteiger partial charge in [0.15, 0.2) is 6.29 Å². The minimum Gasteiger partial charge on any atom is -0.386 e. The van der Waals surface area contributed by atoms with Crippen molar-refractivity contribution in [3.63, 3.8) is 0 Å². The fraction of sp³-hybridized carbons (Fsp3) is 1.00. The number of rotatable bonds is 0. The van der Waals surface area contributed by atoms with Crippen molar-refractivity contribution >= 4 is 0 Å². The van der Waals surface area contributed by atoms with Crippen LogP contribution in [0.15, 0.2) is 0 Å². The topological polar surface area (TPSA) is 75.7 Å². The summed E-state index contributed by atoms with van der Waals surface area (Å²) in [6, 6.07) is -0.458. The van der Waals surface area contributed by atoms with Crippen LogP contribution in [0, 0.1) is 0 Å². The molecular weight excluding hydrogens is 122 g/mol. The average molecular weight is 133 g/mol. The van der Waals surface area contributed by atoms with Gasteiger partial charge in [0.05, 0.1) is 12.1 Å². The quantitative estimate of drug-likeness (QED) is 0.372. The van der Waals surface area contributed by atoms with Crippen molar-refractivity contribution in [2.75, 3.05) is 0 Å². The fourth-order valence-electron chi connectivity index (χ4n) is 0.859. The maximum atomic E-state index is 8.94. The Balaban J connectivity index is 2.54. The van der Waals surface area contributed by atoms with Gasteiger partial charge in [-0.05, 0) is 6.92 Å². The van der Waals surface area contributed by atoms with Crippen LogP contribution in [-0.4, -0.2) is 34.8 Å². The molecule has 1 aliphatic heterocycles. The first-order valence-electron chi connectivity index (χ1n) is 2.90. The van der Waals surface area contributed by atoms with E-state index in [1.165, 1.54) is 0 Å². The SMILES string of the molecule is C[C@H]1O[C@@H](O)[C@H](O)[C@H]1N. The molecule has 0 aliphatic carbocycles. The molecular formula is C5H11NO3. The summed E-state index contributed by atoms with van der Waals surface area (Å²) in [6.45, 7) is 1.71. The van der Waals surface area contributed by atoms with Gasteiger partial charge in [-0.25, -0.2) is 0 Å². The van der Waals surface area contributed by atoms with Gasteiger partial charge in [0.1, 0.15) is 6.10 Å². The molecule has 4 N–H and O–H groups in total.